The van der Waals surface area contributed by atoms with Crippen LogP contribution < -0.4 is 0 Å². The minimum Gasteiger partial charge on any atom is -0.390 e. The van der Waals surface area contributed by atoms with Gasteiger partial charge in [-0.1, -0.05) is 11.6 Å². The van der Waals surface area contributed by atoms with E-state index in [1.807, 2.05) is 0 Å². The van der Waals surface area contributed by atoms with Crippen molar-refractivity contribution < 1.29 is 5.11 Å². The molecule has 0 spiro atoms. The van der Waals surface area contributed by atoms with Gasteiger partial charge in [-0.3, -0.25) is 0 Å². The molecule has 0 aliphatic heterocycles. The molecule has 0 saturated carbocycles. The average Bonchev–Trinajstić information content (AvgIpc) is 2.14. The van der Waals surface area contributed by atoms with E-state index in [2.05, 4.69) is 8.75 Å². The Balaban J connectivity index is 2.92. The monoisotopic (exact) mass is 150 g/mol. The van der Waals surface area contributed by atoms with Gasteiger partial charge in [-0.05, 0) is 0 Å². The molecule has 0 fully saturated rings. The van der Waals surface area contributed by atoms with Crippen LogP contribution in [-0.4, -0.2) is 13.9 Å². The quantitative estimate of drug-likeness (QED) is 0.641. The maximum Gasteiger partial charge on any atom is 0.168 e. The van der Waals surface area contributed by atoms with E-state index >= 15 is 0 Å². The molecule has 0 atom stereocenters. The summed E-state index contributed by atoms with van der Waals surface area (Å²) in [5.74, 6) is 0. The highest BCUT2D eigenvalue weighted by molar-refractivity contribution is 6.99. The highest BCUT2D eigenvalue weighted by atomic mass is 35.5. The summed E-state index contributed by atoms with van der Waals surface area (Å²) in [4.78, 5) is 0. The van der Waals surface area contributed by atoms with Crippen LogP contribution in [0.1, 0.15) is 5.69 Å². The van der Waals surface area contributed by atoms with Crippen LogP contribution in [0.3, 0.4) is 0 Å². The Morgan fingerprint density at radius 1 is 1.62 bits per heavy atom. The molecule has 0 aromatic carbocycles. The molecule has 0 bridgehead atoms. The summed E-state index contributed by atoms with van der Waals surface area (Å²) in [7, 11) is 0. The molecule has 0 aliphatic carbocycles. The summed E-state index contributed by atoms with van der Waals surface area (Å²) in [6.45, 7) is -0.130. The highest BCUT2D eigenvalue weighted by Gasteiger charge is 2.00. The molecule has 0 aliphatic rings. The van der Waals surface area contributed by atoms with Gasteiger partial charge >= 0.3 is 0 Å². The lowest BCUT2D eigenvalue weighted by Crippen LogP contribution is -1.80. The molecule has 1 rings (SSSR count). The van der Waals surface area contributed by atoms with Crippen molar-refractivity contribution in [1.29, 1.82) is 0 Å². The highest BCUT2D eigenvalue weighted by Crippen LogP contribution is 2.10. The number of aliphatic hydroxyl groups excluding tert-OH is 1. The van der Waals surface area contributed by atoms with Crippen LogP contribution in [0.25, 0.3) is 0 Å². The summed E-state index contributed by atoms with van der Waals surface area (Å²) in [5.41, 5.74) is 0.455. The van der Waals surface area contributed by atoms with Gasteiger partial charge in [0.05, 0.1) is 18.3 Å². The second-order valence-electron chi connectivity index (χ2n) is 1.16. The van der Waals surface area contributed by atoms with Gasteiger partial charge in [0, 0.05) is 0 Å². The zero-order chi connectivity index (χ0) is 5.98. The number of aliphatic hydroxyl groups is 1. The Labute approximate surface area is 55.3 Å². The van der Waals surface area contributed by atoms with Crippen molar-refractivity contribution in [2.24, 2.45) is 0 Å². The number of hydrogen-bond donors (Lipinski definition) is 1. The number of rotatable bonds is 1. The molecule has 0 unspecified atom stereocenters. The van der Waals surface area contributed by atoms with Crippen LogP contribution >= 0.6 is 23.3 Å². The van der Waals surface area contributed by atoms with Crippen molar-refractivity contribution in [2.75, 3.05) is 0 Å². The zero-order valence-corrected chi connectivity index (χ0v) is 5.41. The van der Waals surface area contributed by atoms with E-state index in [9.17, 15) is 0 Å². The third kappa shape index (κ3) is 0.964. The van der Waals surface area contributed by atoms with Crippen molar-refractivity contribution >= 4 is 23.3 Å². The van der Waals surface area contributed by atoms with Gasteiger partial charge < -0.3 is 5.11 Å². The molecular formula is C3H3ClN2OS. The Hall–Kier alpha value is -0.190. The third-order valence-corrected chi connectivity index (χ3v) is 1.63. The van der Waals surface area contributed by atoms with Gasteiger partial charge in [0.15, 0.2) is 5.15 Å². The standard InChI is InChI=1S/C3H3ClN2OS/c4-3-2(1-7)5-8-6-3/h7H,1H2. The van der Waals surface area contributed by atoms with Crippen LogP contribution in [0.5, 0.6) is 0 Å². The smallest absolute Gasteiger partial charge is 0.168 e. The number of aromatic nitrogens is 2. The lowest BCUT2D eigenvalue weighted by molar-refractivity contribution is 0.278. The topological polar surface area (TPSA) is 46.0 Å². The average molecular weight is 151 g/mol. The largest absolute Gasteiger partial charge is 0.390 e. The first kappa shape index (κ1) is 5.94. The molecule has 1 heterocycles. The molecule has 8 heavy (non-hydrogen) atoms. The van der Waals surface area contributed by atoms with E-state index in [4.69, 9.17) is 16.7 Å². The summed E-state index contributed by atoms with van der Waals surface area (Å²) < 4.78 is 7.31. The molecule has 0 saturated heterocycles. The van der Waals surface area contributed by atoms with Crippen LogP contribution in [0.4, 0.5) is 0 Å². The van der Waals surface area contributed by atoms with E-state index < -0.39 is 0 Å². The molecule has 0 radical (unpaired) electrons. The van der Waals surface area contributed by atoms with Gasteiger partial charge in [0.25, 0.3) is 0 Å². The minimum atomic E-state index is -0.130. The first-order valence-corrected chi connectivity index (χ1v) is 3.03. The maximum atomic E-state index is 8.43. The van der Waals surface area contributed by atoms with E-state index in [1.165, 1.54) is 0 Å². The molecule has 1 N–H and O–H groups in total. The number of nitrogens with zero attached hydrogens (tertiary/aromatic N) is 2. The Morgan fingerprint density at radius 2 is 2.38 bits per heavy atom. The van der Waals surface area contributed by atoms with Gasteiger partial charge in [-0.15, -0.1) is 0 Å². The molecule has 0 amide bonds. The van der Waals surface area contributed by atoms with Gasteiger partial charge in [0.2, 0.25) is 0 Å². The van der Waals surface area contributed by atoms with Crippen molar-refractivity contribution in [3.05, 3.63) is 10.8 Å². The molecule has 5 heteroatoms. The van der Waals surface area contributed by atoms with E-state index in [0.29, 0.717) is 10.8 Å². The van der Waals surface area contributed by atoms with Crippen LogP contribution in [0.15, 0.2) is 0 Å². The fourth-order valence-corrected chi connectivity index (χ4v) is 0.995. The fraction of sp³-hybridized carbons (Fsp3) is 0.333. The first-order valence-electron chi connectivity index (χ1n) is 1.92. The van der Waals surface area contributed by atoms with Gasteiger partial charge in [0.1, 0.15) is 5.69 Å². The van der Waals surface area contributed by atoms with Crippen molar-refractivity contribution in [1.82, 2.24) is 8.75 Å². The summed E-state index contributed by atoms with van der Waals surface area (Å²) >= 11 is 6.42. The van der Waals surface area contributed by atoms with E-state index in [0.717, 1.165) is 11.7 Å². The predicted molar refractivity (Wildman–Crippen MR) is 30.8 cm³/mol. The lowest BCUT2D eigenvalue weighted by atomic mass is 10.5. The van der Waals surface area contributed by atoms with Gasteiger partial charge in [-0.2, -0.15) is 8.75 Å². The number of halogens is 1. The van der Waals surface area contributed by atoms with Crippen molar-refractivity contribution in [2.45, 2.75) is 6.61 Å². The van der Waals surface area contributed by atoms with Crippen molar-refractivity contribution in [3.63, 3.8) is 0 Å². The summed E-state index contributed by atoms with van der Waals surface area (Å²) in [5, 5.41) is 8.73. The first-order chi connectivity index (χ1) is 3.84. The lowest BCUT2D eigenvalue weighted by Gasteiger charge is -1.81. The molecule has 1 aromatic heterocycles. The normalized spacial score (nSPS) is 9.75. The Bertz CT molecular complexity index is 178. The van der Waals surface area contributed by atoms with Crippen molar-refractivity contribution in [3.8, 4) is 0 Å². The SMILES string of the molecule is OCc1nsnc1Cl. The van der Waals surface area contributed by atoms with E-state index in [-0.39, 0.29) is 6.61 Å². The second kappa shape index (κ2) is 2.39. The number of hydrogen-bond acceptors (Lipinski definition) is 4. The summed E-state index contributed by atoms with van der Waals surface area (Å²) in [6, 6.07) is 0. The molecule has 3 nitrogen and oxygen atoms in total. The zero-order valence-electron chi connectivity index (χ0n) is 3.83. The van der Waals surface area contributed by atoms with E-state index in [1.54, 1.807) is 0 Å². The van der Waals surface area contributed by atoms with Crippen LogP contribution in [0.2, 0.25) is 5.15 Å². The molecule has 44 valence electrons. The summed E-state index contributed by atoms with van der Waals surface area (Å²) in [6.07, 6.45) is 0. The molecular weight excluding hydrogens is 148 g/mol. The molecule has 1 aromatic rings. The Morgan fingerprint density at radius 3 is 2.62 bits per heavy atom. The van der Waals surface area contributed by atoms with Crippen LogP contribution in [-0.2, 0) is 6.61 Å². The minimum absolute atomic E-state index is 0.130. The second-order valence-corrected chi connectivity index (χ2v) is 2.05. The van der Waals surface area contributed by atoms with Crippen LogP contribution in [0, 0.1) is 0 Å². The maximum absolute atomic E-state index is 8.43. The Kier molecular flexibility index (Phi) is 1.77. The van der Waals surface area contributed by atoms with Gasteiger partial charge in [-0.25, -0.2) is 0 Å². The fourth-order valence-electron chi connectivity index (χ4n) is 0.290. The predicted octanol–water partition coefficient (Wildman–Crippen LogP) is 0.684. The third-order valence-electron chi connectivity index (χ3n) is 0.660.